The highest BCUT2D eigenvalue weighted by atomic mass is 35.6. The lowest BCUT2D eigenvalue weighted by atomic mass is 9.76. The molecule has 40 heavy (non-hydrogen) atoms. The average Bonchev–Trinajstić information content (AvgIpc) is 3.22. The minimum Gasteiger partial charge on any atom is -0.322 e. The molecule has 1 aliphatic rings. The van der Waals surface area contributed by atoms with Crippen molar-refractivity contribution < 1.29 is 9.36 Å². The van der Waals surface area contributed by atoms with E-state index in [1.54, 1.807) is 0 Å². The van der Waals surface area contributed by atoms with Crippen LogP contribution in [0.4, 0.5) is 0 Å². The Morgan fingerprint density at radius 2 is 1.30 bits per heavy atom. The van der Waals surface area contributed by atoms with Crippen LogP contribution in [-0.2, 0) is 9.98 Å². The molecule has 0 saturated heterocycles. The third-order valence-electron chi connectivity index (χ3n) is 8.10. The van der Waals surface area contributed by atoms with Gasteiger partial charge in [0.05, 0.1) is 23.8 Å². The predicted molar refractivity (Wildman–Crippen MR) is 174 cm³/mol. The molecule has 1 aromatic heterocycles. The topological polar surface area (TPSA) is 39.1 Å². The highest BCUT2D eigenvalue weighted by Crippen LogP contribution is 2.69. The van der Waals surface area contributed by atoms with Crippen molar-refractivity contribution in [3.8, 4) is 22.4 Å². The third-order valence-corrected chi connectivity index (χ3v) is 13.5. The Bertz CT molecular complexity index is 1570. The fraction of sp³-hybridized carbons (Fsp3) is 0.364. The van der Waals surface area contributed by atoms with Gasteiger partial charge in [-0.05, 0) is 24.1 Å². The van der Waals surface area contributed by atoms with E-state index in [-0.39, 0.29) is 5.91 Å². The maximum Gasteiger partial charge on any atom is 0.242 e. The van der Waals surface area contributed by atoms with Crippen molar-refractivity contribution >= 4 is 58.8 Å². The molecule has 0 radical (unpaired) electrons. The SMILES string of the molecule is CC(C)(C)P(=O)(C[C@]1(C)C(=O)n2c(c(-c3ccccc3)c3ccccc32)-c2ccccc21)C(C)(C)C.ClC(Cl)Cl. The second-order valence-electron chi connectivity index (χ2n) is 12.6. The Hall–Kier alpha value is -2.03. The van der Waals surface area contributed by atoms with Gasteiger partial charge in [-0.25, -0.2) is 0 Å². The van der Waals surface area contributed by atoms with E-state index in [4.69, 9.17) is 34.8 Å². The van der Waals surface area contributed by atoms with E-state index in [9.17, 15) is 9.36 Å². The van der Waals surface area contributed by atoms with Crippen LogP contribution in [0.1, 0.15) is 58.8 Å². The molecular weight excluding hydrogens is 580 g/mol. The fourth-order valence-electron chi connectivity index (χ4n) is 6.21. The molecule has 0 amide bonds. The normalized spacial score (nSPS) is 17.3. The summed E-state index contributed by atoms with van der Waals surface area (Å²) >= 11 is 14.4. The number of hydrogen-bond donors (Lipinski definition) is 0. The van der Waals surface area contributed by atoms with Gasteiger partial charge in [0.25, 0.3) is 0 Å². The van der Waals surface area contributed by atoms with Crippen molar-refractivity contribution in [1.29, 1.82) is 0 Å². The molecule has 1 aliphatic heterocycles. The lowest BCUT2D eigenvalue weighted by molar-refractivity contribution is 0.0825. The largest absolute Gasteiger partial charge is 0.322 e. The minimum atomic E-state index is -2.87. The van der Waals surface area contributed by atoms with Gasteiger partial charge in [-0.15, -0.1) is 0 Å². The Labute approximate surface area is 253 Å². The molecule has 0 spiro atoms. The number of carbonyl (C=O) groups is 1. The molecule has 2 heterocycles. The third kappa shape index (κ3) is 5.20. The molecule has 1 atom stereocenters. The molecule has 5 rings (SSSR count). The van der Waals surface area contributed by atoms with Crippen molar-refractivity contribution in [2.24, 2.45) is 0 Å². The number of fused-ring (bicyclic) bond motifs is 5. The Morgan fingerprint density at radius 3 is 1.88 bits per heavy atom. The van der Waals surface area contributed by atoms with Crippen LogP contribution in [-0.4, -0.2) is 31.2 Å². The quantitative estimate of drug-likeness (QED) is 0.170. The summed E-state index contributed by atoms with van der Waals surface area (Å²) in [6, 6.07) is 26.7. The van der Waals surface area contributed by atoms with Crippen LogP contribution in [0.25, 0.3) is 33.3 Å². The van der Waals surface area contributed by atoms with Crippen LogP contribution in [0.3, 0.4) is 0 Å². The first-order valence-electron chi connectivity index (χ1n) is 13.4. The zero-order chi connectivity index (χ0) is 29.7. The van der Waals surface area contributed by atoms with Gasteiger partial charge in [-0.2, -0.15) is 0 Å². The number of para-hydroxylation sites is 1. The van der Waals surface area contributed by atoms with Crippen molar-refractivity contribution in [3.63, 3.8) is 0 Å². The molecule has 7 heteroatoms. The van der Waals surface area contributed by atoms with Crippen LogP contribution < -0.4 is 0 Å². The maximum atomic E-state index is 14.9. The van der Waals surface area contributed by atoms with E-state index in [0.717, 1.165) is 38.9 Å². The molecule has 0 unspecified atom stereocenters. The van der Waals surface area contributed by atoms with Crippen LogP contribution in [0, 0.1) is 0 Å². The summed E-state index contributed by atoms with van der Waals surface area (Å²) < 4.78 is 16.1. The first kappa shape index (κ1) is 30.9. The number of carbonyl (C=O) groups excluding carboxylic acids is 1. The second kappa shape index (κ2) is 11.0. The highest BCUT2D eigenvalue weighted by Gasteiger charge is 2.55. The van der Waals surface area contributed by atoms with Crippen molar-refractivity contribution in [1.82, 2.24) is 4.57 Å². The van der Waals surface area contributed by atoms with Crippen molar-refractivity contribution in [2.45, 2.75) is 68.5 Å². The molecule has 0 saturated carbocycles. The van der Waals surface area contributed by atoms with Gasteiger partial charge in [0.1, 0.15) is 0 Å². The molecular formula is C33H37Cl3NO2P. The van der Waals surface area contributed by atoms with Gasteiger partial charge < -0.3 is 4.57 Å². The van der Waals surface area contributed by atoms with Crippen LogP contribution >= 0.6 is 41.9 Å². The first-order chi connectivity index (χ1) is 18.5. The minimum absolute atomic E-state index is 0.00306. The number of aromatic nitrogens is 1. The highest BCUT2D eigenvalue weighted by molar-refractivity contribution is 7.67. The summed E-state index contributed by atoms with van der Waals surface area (Å²) in [5.41, 5.74) is 5.09. The summed E-state index contributed by atoms with van der Waals surface area (Å²) in [7, 11) is -2.87. The number of benzene rings is 3. The summed E-state index contributed by atoms with van der Waals surface area (Å²) in [5, 5.41) is 0.191. The molecule has 0 aliphatic carbocycles. The van der Waals surface area contributed by atoms with Gasteiger partial charge in [-0.1, -0.05) is 149 Å². The van der Waals surface area contributed by atoms with Gasteiger partial charge in [0.2, 0.25) is 5.91 Å². The number of hydrogen-bond acceptors (Lipinski definition) is 2. The molecule has 0 bridgehead atoms. The lowest BCUT2D eigenvalue weighted by Gasteiger charge is -2.47. The smallest absolute Gasteiger partial charge is 0.242 e. The Balaban J connectivity index is 0.000000867. The van der Waals surface area contributed by atoms with Crippen molar-refractivity contribution in [3.05, 3.63) is 84.4 Å². The van der Waals surface area contributed by atoms with Crippen LogP contribution in [0.2, 0.25) is 0 Å². The standard InChI is InChI=1S/C32H36NO2P.CHCl3/c1-30(2,3)36(35,31(4,5)6)21-32(7)25-19-13-11-17-23(25)28-27(22-15-9-8-10-16-22)24-18-12-14-20-26(24)33(28)29(32)34;2-1(3)4/h8-20H,21H2,1-7H3;1H/t32-;/m0./s1. The molecule has 0 fully saturated rings. The van der Waals surface area contributed by atoms with Gasteiger partial charge >= 0.3 is 0 Å². The fourth-order valence-corrected chi connectivity index (χ4v) is 10.4. The second-order valence-corrected chi connectivity index (χ2v) is 19.1. The van der Waals surface area contributed by atoms with Crippen molar-refractivity contribution in [2.75, 3.05) is 6.16 Å². The van der Waals surface area contributed by atoms with E-state index in [0.29, 0.717) is 6.16 Å². The van der Waals surface area contributed by atoms with E-state index in [1.807, 2.05) is 60.0 Å². The van der Waals surface area contributed by atoms with E-state index in [1.165, 1.54) is 0 Å². The summed E-state index contributed by atoms with van der Waals surface area (Å²) in [4.78, 5) is 14.7. The van der Waals surface area contributed by atoms with E-state index in [2.05, 4.69) is 71.9 Å². The predicted octanol–water partition coefficient (Wildman–Crippen LogP) is 10.8. The monoisotopic (exact) mass is 615 g/mol. The molecule has 3 aromatic carbocycles. The zero-order valence-electron chi connectivity index (χ0n) is 24.1. The zero-order valence-corrected chi connectivity index (χ0v) is 27.3. The summed E-state index contributed by atoms with van der Waals surface area (Å²) in [5.74, 6) is 0.00306. The molecule has 0 N–H and O–H groups in total. The number of halogens is 3. The lowest BCUT2D eigenvalue weighted by Crippen LogP contribution is -2.46. The summed E-state index contributed by atoms with van der Waals surface area (Å²) in [6.45, 7) is 14.4. The number of rotatable bonds is 3. The van der Waals surface area contributed by atoms with Gasteiger partial charge in [0.15, 0.2) is 4.30 Å². The number of nitrogens with zero attached hydrogens (tertiary/aromatic N) is 1. The van der Waals surface area contributed by atoms with Gasteiger partial charge in [-0.3, -0.25) is 9.36 Å². The van der Waals surface area contributed by atoms with Crippen LogP contribution in [0.5, 0.6) is 0 Å². The molecule has 3 nitrogen and oxygen atoms in total. The van der Waals surface area contributed by atoms with E-state index < -0.39 is 27.2 Å². The Kier molecular flexibility index (Phi) is 8.50. The van der Waals surface area contributed by atoms with Crippen LogP contribution in [0.15, 0.2) is 78.9 Å². The molecule has 212 valence electrons. The summed E-state index contributed by atoms with van der Waals surface area (Å²) in [6.07, 6.45) is 0.329. The van der Waals surface area contributed by atoms with Gasteiger partial charge in [0, 0.05) is 33.0 Å². The number of alkyl halides is 3. The first-order valence-corrected chi connectivity index (χ1v) is 16.6. The average molecular weight is 617 g/mol. The van der Waals surface area contributed by atoms with E-state index >= 15 is 0 Å². The molecule has 4 aromatic rings. The maximum absolute atomic E-state index is 14.9. The Morgan fingerprint density at radius 1 is 0.800 bits per heavy atom.